The highest BCUT2D eigenvalue weighted by Gasteiger charge is 2.04. The van der Waals surface area contributed by atoms with E-state index >= 15 is 0 Å². The van der Waals surface area contributed by atoms with E-state index in [4.69, 9.17) is 0 Å². The van der Waals surface area contributed by atoms with Crippen LogP contribution < -0.4 is 0 Å². The molecule has 0 N–H and O–H groups in total. The Bertz CT molecular complexity index is 239. The molecule has 68 valence electrons. The first kappa shape index (κ1) is 10.5. The SMILES string of the molecule is Cc1nnc(SCC(C)CBr)s1. The number of rotatable bonds is 4. The van der Waals surface area contributed by atoms with Crippen LogP contribution >= 0.6 is 39.0 Å². The third kappa shape index (κ3) is 3.41. The molecule has 0 aliphatic carbocycles. The van der Waals surface area contributed by atoms with Gasteiger partial charge in [-0.1, -0.05) is 46.0 Å². The minimum atomic E-state index is 0.694. The molecule has 1 aromatic rings. The van der Waals surface area contributed by atoms with Gasteiger partial charge in [-0.05, 0) is 12.8 Å². The molecular weight excluding hydrogens is 256 g/mol. The molecule has 1 rings (SSSR count). The molecule has 1 unspecified atom stereocenters. The Morgan fingerprint density at radius 1 is 1.58 bits per heavy atom. The van der Waals surface area contributed by atoms with Crippen molar-refractivity contribution in [3.63, 3.8) is 0 Å². The van der Waals surface area contributed by atoms with Crippen molar-refractivity contribution in [2.45, 2.75) is 18.2 Å². The summed E-state index contributed by atoms with van der Waals surface area (Å²) in [5.74, 6) is 1.80. The molecule has 0 saturated carbocycles. The van der Waals surface area contributed by atoms with E-state index in [1.165, 1.54) is 0 Å². The largest absolute Gasteiger partial charge is 0.174 e. The lowest BCUT2D eigenvalue weighted by molar-refractivity contribution is 0.769. The van der Waals surface area contributed by atoms with Gasteiger partial charge in [-0.2, -0.15) is 0 Å². The Hall–Kier alpha value is 0.390. The van der Waals surface area contributed by atoms with Crippen molar-refractivity contribution in [1.82, 2.24) is 10.2 Å². The van der Waals surface area contributed by atoms with Crippen LogP contribution in [0.25, 0.3) is 0 Å². The molecule has 0 bridgehead atoms. The molecule has 0 radical (unpaired) electrons. The average Bonchev–Trinajstić information content (AvgIpc) is 2.47. The first-order valence-electron chi connectivity index (χ1n) is 3.71. The van der Waals surface area contributed by atoms with Crippen molar-refractivity contribution in [1.29, 1.82) is 0 Å². The first-order valence-corrected chi connectivity index (χ1v) is 6.63. The van der Waals surface area contributed by atoms with E-state index in [-0.39, 0.29) is 0 Å². The zero-order valence-corrected chi connectivity index (χ0v) is 10.3. The fourth-order valence-corrected chi connectivity index (χ4v) is 2.99. The third-order valence-electron chi connectivity index (χ3n) is 1.26. The summed E-state index contributed by atoms with van der Waals surface area (Å²) in [7, 11) is 0. The maximum absolute atomic E-state index is 4.04. The van der Waals surface area contributed by atoms with E-state index in [1.807, 2.05) is 6.92 Å². The zero-order chi connectivity index (χ0) is 8.97. The van der Waals surface area contributed by atoms with Crippen molar-refractivity contribution in [2.75, 3.05) is 11.1 Å². The molecule has 0 aliphatic heterocycles. The van der Waals surface area contributed by atoms with E-state index < -0.39 is 0 Å². The molecule has 0 fully saturated rings. The van der Waals surface area contributed by atoms with Crippen LogP contribution in [0.3, 0.4) is 0 Å². The summed E-state index contributed by atoms with van der Waals surface area (Å²) in [6.07, 6.45) is 0. The molecule has 12 heavy (non-hydrogen) atoms. The quantitative estimate of drug-likeness (QED) is 0.619. The van der Waals surface area contributed by atoms with Crippen molar-refractivity contribution in [3.05, 3.63) is 5.01 Å². The van der Waals surface area contributed by atoms with Crippen LogP contribution in [0.2, 0.25) is 0 Å². The molecule has 0 aliphatic rings. The molecule has 1 aromatic heterocycles. The Labute approximate surface area is 89.3 Å². The highest BCUT2D eigenvalue weighted by molar-refractivity contribution is 9.09. The summed E-state index contributed by atoms with van der Waals surface area (Å²) in [4.78, 5) is 0. The predicted octanol–water partition coefficient (Wildman–Crippen LogP) is 2.97. The monoisotopic (exact) mass is 266 g/mol. The maximum Gasteiger partial charge on any atom is 0.174 e. The summed E-state index contributed by atoms with van der Waals surface area (Å²) >= 11 is 6.90. The van der Waals surface area contributed by atoms with Crippen molar-refractivity contribution < 1.29 is 0 Å². The summed E-state index contributed by atoms with van der Waals surface area (Å²) in [6.45, 7) is 4.20. The van der Waals surface area contributed by atoms with E-state index in [2.05, 4.69) is 33.1 Å². The fraction of sp³-hybridized carbons (Fsp3) is 0.714. The number of alkyl halides is 1. The minimum Gasteiger partial charge on any atom is -0.143 e. The van der Waals surface area contributed by atoms with Gasteiger partial charge in [-0.25, -0.2) is 0 Å². The highest BCUT2D eigenvalue weighted by Crippen LogP contribution is 2.24. The maximum atomic E-state index is 4.04. The second-order valence-corrected chi connectivity index (χ2v) is 5.75. The molecule has 0 aromatic carbocycles. The van der Waals surface area contributed by atoms with Crippen LogP contribution in [0.4, 0.5) is 0 Å². The van der Waals surface area contributed by atoms with Crippen LogP contribution in [-0.2, 0) is 0 Å². The molecular formula is C7H11BrN2S2. The first-order chi connectivity index (χ1) is 5.72. The average molecular weight is 267 g/mol. The summed E-state index contributed by atoms with van der Waals surface area (Å²) in [5, 5.41) is 10.1. The number of halogens is 1. The molecule has 0 saturated heterocycles. The number of nitrogens with zero attached hydrogens (tertiary/aromatic N) is 2. The van der Waals surface area contributed by atoms with Crippen molar-refractivity contribution in [2.24, 2.45) is 5.92 Å². The topological polar surface area (TPSA) is 25.8 Å². The molecule has 1 heterocycles. The number of hydrogen-bond acceptors (Lipinski definition) is 4. The van der Waals surface area contributed by atoms with Gasteiger partial charge < -0.3 is 0 Å². The van der Waals surface area contributed by atoms with Crippen LogP contribution in [0.1, 0.15) is 11.9 Å². The molecule has 0 spiro atoms. The lowest BCUT2D eigenvalue weighted by Gasteiger charge is -2.02. The molecule has 1 atom stereocenters. The summed E-state index contributed by atoms with van der Waals surface area (Å²) < 4.78 is 1.08. The van der Waals surface area contributed by atoms with Crippen molar-refractivity contribution in [3.8, 4) is 0 Å². The smallest absolute Gasteiger partial charge is 0.143 e. The van der Waals surface area contributed by atoms with Crippen LogP contribution in [0.5, 0.6) is 0 Å². The highest BCUT2D eigenvalue weighted by atomic mass is 79.9. The number of thioether (sulfide) groups is 1. The fourth-order valence-electron chi connectivity index (χ4n) is 0.595. The van der Waals surface area contributed by atoms with E-state index in [9.17, 15) is 0 Å². The summed E-state index contributed by atoms with van der Waals surface area (Å²) in [5.41, 5.74) is 0. The van der Waals surface area contributed by atoms with E-state index in [1.54, 1.807) is 23.1 Å². The second-order valence-electron chi connectivity index (χ2n) is 2.66. The number of aromatic nitrogens is 2. The van der Waals surface area contributed by atoms with Gasteiger partial charge in [0.15, 0.2) is 4.34 Å². The molecule has 5 heteroatoms. The Kier molecular flexibility index (Phi) is 4.53. The van der Waals surface area contributed by atoms with Gasteiger partial charge in [-0.3, -0.25) is 0 Å². The van der Waals surface area contributed by atoms with Gasteiger partial charge in [-0.15, -0.1) is 10.2 Å². The number of hydrogen-bond donors (Lipinski definition) is 0. The molecule has 2 nitrogen and oxygen atoms in total. The van der Waals surface area contributed by atoms with Crippen LogP contribution in [0.15, 0.2) is 4.34 Å². The predicted molar refractivity (Wildman–Crippen MR) is 58.3 cm³/mol. The van der Waals surface area contributed by atoms with Gasteiger partial charge in [0.25, 0.3) is 0 Å². The Morgan fingerprint density at radius 2 is 2.33 bits per heavy atom. The number of aryl methyl sites for hydroxylation is 1. The van der Waals surface area contributed by atoms with Gasteiger partial charge >= 0.3 is 0 Å². The van der Waals surface area contributed by atoms with E-state index in [0.717, 1.165) is 20.4 Å². The van der Waals surface area contributed by atoms with Gasteiger partial charge in [0, 0.05) is 11.1 Å². The van der Waals surface area contributed by atoms with Crippen LogP contribution in [-0.4, -0.2) is 21.3 Å². The standard InChI is InChI=1S/C7H11BrN2S2/c1-5(3-8)4-11-7-10-9-6(2)12-7/h5H,3-4H2,1-2H3. The second kappa shape index (κ2) is 5.19. The normalized spacial score (nSPS) is 13.2. The lowest BCUT2D eigenvalue weighted by atomic mass is 10.3. The zero-order valence-electron chi connectivity index (χ0n) is 7.08. The van der Waals surface area contributed by atoms with Gasteiger partial charge in [0.05, 0.1) is 0 Å². The molecule has 0 amide bonds. The Balaban J connectivity index is 2.33. The Morgan fingerprint density at radius 3 is 2.83 bits per heavy atom. The van der Waals surface area contributed by atoms with Crippen LogP contribution in [0, 0.1) is 12.8 Å². The van der Waals surface area contributed by atoms with E-state index in [0.29, 0.717) is 5.92 Å². The van der Waals surface area contributed by atoms with Gasteiger partial charge in [0.2, 0.25) is 0 Å². The van der Waals surface area contributed by atoms with Crippen molar-refractivity contribution >= 4 is 39.0 Å². The lowest BCUT2D eigenvalue weighted by Crippen LogP contribution is -1.98. The third-order valence-corrected chi connectivity index (χ3v) is 4.67. The summed E-state index contributed by atoms with van der Waals surface area (Å²) in [6, 6.07) is 0. The van der Waals surface area contributed by atoms with Gasteiger partial charge in [0.1, 0.15) is 5.01 Å². The minimum absolute atomic E-state index is 0.694.